The van der Waals surface area contributed by atoms with Crippen molar-refractivity contribution in [1.29, 1.82) is 0 Å². The molecule has 0 aliphatic carbocycles. The third kappa shape index (κ3) is 2.53. The number of hydrogen-bond acceptors (Lipinski definition) is 4. The van der Waals surface area contributed by atoms with Gasteiger partial charge in [0.2, 0.25) is 0 Å². The molecule has 0 unspecified atom stereocenters. The van der Waals surface area contributed by atoms with Crippen molar-refractivity contribution >= 4 is 17.4 Å². The molecule has 2 aromatic rings. The van der Waals surface area contributed by atoms with Gasteiger partial charge in [-0.25, -0.2) is 4.98 Å². The quantitative estimate of drug-likeness (QED) is 0.919. The van der Waals surface area contributed by atoms with Crippen LogP contribution in [0.15, 0.2) is 12.1 Å². The molecule has 0 fully saturated rings. The van der Waals surface area contributed by atoms with Gasteiger partial charge in [0.05, 0.1) is 19.2 Å². The topological polar surface area (TPSA) is 62.3 Å². The van der Waals surface area contributed by atoms with Gasteiger partial charge < -0.3 is 19.8 Å². The van der Waals surface area contributed by atoms with E-state index in [1.54, 1.807) is 20.3 Å². The number of hydrogen-bond donors (Lipinski definition) is 1. The molecule has 1 aromatic heterocycles. The highest BCUT2D eigenvalue weighted by Crippen LogP contribution is 2.42. The highest BCUT2D eigenvalue weighted by atomic mass is 35.5. The van der Waals surface area contributed by atoms with Gasteiger partial charge in [-0.2, -0.15) is 0 Å². The van der Waals surface area contributed by atoms with E-state index >= 15 is 0 Å². The molecule has 21 heavy (non-hydrogen) atoms. The lowest BCUT2D eigenvalue weighted by Crippen LogP contribution is -2.04. The van der Waals surface area contributed by atoms with Gasteiger partial charge in [-0.1, -0.05) is 18.5 Å². The number of ether oxygens (including phenoxy) is 2. The lowest BCUT2D eigenvalue weighted by molar-refractivity contribution is 0.355. The van der Waals surface area contributed by atoms with Crippen molar-refractivity contribution in [2.75, 3.05) is 20.0 Å². The van der Waals surface area contributed by atoms with Gasteiger partial charge in [-0.05, 0) is 19.1 Å². The van der Waals surface area contributed by atoms with Crippen molar-refractivity contribution in [3.63, 3.8) is 0 Å². The summed E-state index contributed by atoms with van der Waals surface area (Å²) in [5.41, 5.74) is 7.65. The van der Waals surface area contributed by atoms with Crippen LogP contribution in [0.25, 0.3) is 11.3 Å². The zero-order valence-corrected chi connectivity index (χ0v) is 13.5. The van der Waals surface area contributed by atoms with Crippen LogP contribution in [0.4, 0.5) is 5.82 Å². The highest BCUT2D eigenvalue weighted by molar-refractivity contribution is 6.35. The molecule has 2 rings (SSSR count). The molecule has 0 aliphatic heterocycles. The zero-order valence-electron chi connectivity index (χ0n) is 12.7. The fraction of sp³-hybridized carbons (Fsp3) is 0.400. The second-order valence-electron chi connectivity index (χ2n) is 4.52. The first-order valence-corrected chi connectivity index (χ1v) is 7.22. The van der Waals surface area contributed by atoms with Crippen LogP contribution < -0.4 is 15.2 Å². The Hall–Kier alpha value is -1.88. The fourth-order valence-corrected chi connectivity index (χ4v) is 2.73. The van der Waals surface area contributed by atoms with Gasteiger partial charge in [0.25, 0.3) is 0 Å². The van der Waals surface area contributed by atoms with Gasteiger partial charge in [0.1, 0.15) is 17.3 Å². The van der Waals surface area contributed by atoms with E-state index < -0.39 is 0 Å². The van der Waals surface area contributed by atoms with Crippen molar-refractivity contribution in [3.8, 4) is 22.8 Å². The summed E-state index contributed by atoms with van der Waals surface area (Å²) in [6.45, 7) is 4.86. The summed E-state index contributed by atoms with van der Waals surface area (Å²) < 4.78 is 12.6. The van der Waals surface area contributed by atoms with Crippen molar-refractivity contribution in [1.82, 2.24) is 9.55 Å². The number of halogens is 1. The summed E-state index contributed by atoms with van der Waals surface area (Å²) in [5, 5.41) is 0.451. The normalized spacial score (nSPS) is 10.7. The fourth-order valence-electron chi connectivity index (χ4n) is 2.41. The molecule has 0 spiro atoms. The van der Waals surface area contributed by atoms with Crippen molar-refractivity contribution in [3.05, 3.63) is 23.0 Å². The van der Waals surface area contributed by atoms with E-state index in [2.05, 4.69) is 4.98 Å². The Morgan fingerprint density at radius 3 is 2.43 bits per heavy atom. The van der Waals surface area contributed by atoms with Crippen molar-refractivity contribution in [2.24, 2.45) is 0 Å². The second-order valence-corrected chi connectivity index (χ2v) is 4.90. The highest BCUT2D eigenvalue weighted by Gasteiger charge is 2.20. The SMILES string of the molecule is CCc1nc(-c2ccc(OC)c(OC)c2Cl)c(N)n1CC. The molecule has 0 aliphatic rings. The molecule has 6 heteroatoms. The van der Waals surface area contributed by atoms with Crippen LogP contribution in [0.3, 0.4) is 0 Å². The number of nitrogen functional groups attached to an aromatic ring is 1. The van der Waals surface area contributed by atoms with E-state index in [0.717, 1.165) is 24.4 Å². The average Bonchev–Trinajstić information content (AvgIpc) is 2.82. The maximum atomic E-state index is 6.44. The van der Waals surface area contributed by atoms with Crippen LogP contribution in [0.2, 0.25) is 5.02 Å². The maximum Gasteiger partial charge on any atom is 0.180 e. The Kier molecular flexibility index (Phi) is 4.63. The predicted molar refractivity (Wildman–Crippen MR) is 85.2 cm³/mol. The molecule has 0 radical (unpaired) electrons. The molecule has 0 amide bonds. The second kappa shape index (κ2) is 6.26. The number of nitrogens with two attached hydrogens (primary N) is 1. The van der Waals surface area contributed by atoms with Crippen molar-refractivity contribution in [2.45, 2.75) is 26.8 Å². The van der Waals surface area contributed by atoms with Crippen LogP contribution >= 0.6 is 11.6 Å². The standard InChI is InChI=1S/C15H20ClN3O2/c1-5-11-18-13(15(17)19(11)6-2)9-7-8-10(20-3)14(21-4)12(9)16/h7-8H,5-6,17H2,1-4H3. The Labute approximate surface area is 129 Å². The largest absolute Gasteiger partial charge is 0.493 e. The van der Waals surface area contributed by atoms with Crippen molar-refractivity contribution < 1.29 is 9.47 Å². The summed E-state index contributed by atoms with van der Waals surface area (Å²) in [4.78, 5) is 4.62. The number of nitrogens with zero attached hydrogens (tertiary/aromatic N) is 2. The molecule has 0 bridgehead atoms. The lowest BCUT2D eigenvalue weighted by Gasteiger charge is -2.12. The summed E-state index contributed by atoms with van der Waals surface area (Å²) in [6, 6.07) is 3.65. The Morgan fingerprint density at radius 1 is 1.24 bits per heavy atom. The number of aromatic nitrogens is 2. The first-order chi connectivity index (χ1) is 10.1. The van der Waals surface area contributed by atoms with Crippen LogP contribution in [0, 0.1) is 0 Å². The number of rotatable bonds is 5. The molecule has 0 saturated carbocycles. The maximum absolute atomic E-state index is 6.44. The average molecular weight is 310 g/mol. The molecule has 2 N–H and O–H groups in total. The minimum Gasteiger partial charge on any atom is -0.493 e. The Balaban J connectivity index is 2.65. The van der Waals surface area contributed by atoms with E-state index in [-0.39, 0.29) is 0 Å². The molecule has 1 heterocycles. The molecular formula is C15H20ClN3O2. The van der Waals surface area contributed by atoms with E-state index in [9.17, 15) is 0 Å². The summed E-state index contributed by atoms with van der Waals surface area (Å²) >= 11 is 6.44. The van der Waals surface area contributed by atoms with Gasteiger partial charge in [0, 0.05) is 18.5 Å². The summed E-state index contributed by atoms with van der Waals surface area (Å²) in [5.74, 6) is 2.62. The molecule has 0 atom stereocenters. The van der Waals surface area contributed by atoms with E-state index in [1.165, 1.54) is 0 Å². The molecule has 0 saturated heterocycles. The van der Waals surface area contributed by atoms with Gasteiger partial charge >= 0.3 is 0 Å². The van der Waals surface area contributed by atoms with Crippen LogP contribution in [-0.2, 0) is 13.0 Å². The number of benzene rings is 1. The lowest BCUT2D eigenvalue weighted by atomic mass is 10.1. The molecule has 114 valence electrons. The number of aryl methyl sites for hydroxylation is 1. The predicted octanol–water partition coefficient (Wildman–Crippen LogP) is 3.39. The van der Waals surface area contributed by atoms with Crippen LogP contribution in [-0.4, -0.2) is 23.8 Å². The van der Waals surface area contributed by atoms with E-state index in [1.807, 2.05) is 24.5 Å². The number of anilines is 1. The van der Waals surface area contributed by atoms with Gasteiger partial charge in [-0.3, -0.25) is 0 Å². The molecular weight excluding hydrogens is 290 g/mol. The minimum atomic E-state index is 0.451. The Morgan fingerprint density at radius 2 is 1.95 bits per heavy atom. The minimum absolute atomic E-state index is 0.451. The van der Waals surface area contributed by atoms with Crippen LogP contribution in [0.1, 0.15) is 19.7 Å². The van der Waals surface area contributed by atoms with E-state index in [4.69, 9.17) is 26.8 Å². The summed E-state index contributed by atoms with van der Waals surface area (Å²) in [7, 11) is 3.13. The monoisotopic (exact) mass is 309 g/mol. The molecule has 1 aromatic carbocycles. The van der Waals surface area contributed by atoms with Gasteiger partial charge in [-0.15, -0.1) is 0 Å². The third-order valence-corrected chi connectivity index (χ3v) is 3.83. The van der Waals surface area contributed by atoms with E-state index in [0.29, 0.717) is 28.0 Å². The molecule has 5 nitrogen and oxygen atoms in total. The number of imidazole rings is 1. The van der Waals surface area contributed by atoms with Crippen LogP contribution in [0.5, 0.6) is 11.5 Å². The smallest absolute Gasteiger partial charge is 0.180 e. The Bertz CT molecular complexity index is 653. The first kappa shape index (κ1) is 15.5. The third-order valence-electron chi connectivity index (χ3n) is 3.46. The first-order valence-electron chi connectivity index (χ1n) is 6.84. The number of methoxy groups -OCH3 is 2. The van der Waals surface area contributed by atoms with Gasteiger partial charge in [0.15, 0.2) is 11.5 Å². The zero-order chi connectivity index (χ0) is 15.6. The summed E-state index contributed by atoms with van der Waals surface area (Å²) in [6.07, 6.45) is 0.808.